The van der Waals surface area contributed by atoms with Gasteiger partial charge in [0.1, 0.15) is 30.1 Å². The first-order valence-electron chi connectivity index (χ1n) is 10.1. The van der Waals surface area contributed by atoms with Crippen LogP contribution in [0.3, 0.4) is 0 Å². The summed E-state index contributed by atoms with van der Waals surface area (Å²) in [4.78, 5) is 25.8. The summed E-state index contributed by atoms with van der Waals surface area (Å²) >= 11 is 0. The Balaban J connectivity index is 2.33. The summed E-state index contributed by atoms with van der Waals surface area (Å²) < 4.78 is 17.6. The van der Waals surface area contributed by atoms with Gasteiger partial charge in [-0.1, -0.05) is 30.3 Å². The van der Waals surface area contributed by atoms with Gasteiger partial charge in [-0.3, -0.25) is 0 Å². The van der Waals surface area contributed by atoms with Gasteiger partial charge in [-0.05, 0) is 19.4 Å². The van der Waals surface area contributed by atoms with Crippen LogP contribution in [0.1, 0.15) is 46.4 Å². The van der Waals surface area contributed by atoms with Crippen molar-refractivity contribution in [3.8, 4) is 11.3 Å². The highest BCUT2D eigenvalue weighted by molar-refractivity contribution is 6.05. The Labute approximate surface area is 179 Å². The molecule has 168 valence electrons. The number of ether oxygens (including phenoxy) is 3. The second-order valence-corrected chi connectivity index (χ2v) is 7.11. The van der Waals surface area contributed by atoms with E-state index in [1.54, 1.807) is 45.2 Å². The SMILES string of the molecule is CCOC(=O)c1c([C@H]2O[C@H](CO)[C@@H](O)[C@H]2O)c(-c2ccccc2)n(C)c1C(=O)OCC. The molecule has 3 N–H and O–H groups in total. The molecule has 2 heterocycles. The molecule has 1 aliphatic rings. The van der Waals surface area contributed by atoms with Gasteiger partial charge in [0, 0.05) is 12.6 Å². The lowest BCUT2D eigenvalue weighted by atomic mass is 9.94. The summed E-state index contributed by atoms with van der Waals surface area (Å²) in [6.45, 7) is 2.91. The minimum absolute atomic E-state index is 0.0492. The third-order valence-corrected chi connectivity index (χ3v) is 5.25. The van der Waals surface area contributed by atoms with E-state index in [0.717, 1.165) is 0 Å². The Morgan fingerprint density at radius 1 is 1.03 bits per heavy atom. The zero-order chi connectivity index (χ0) is 22.7. The fourth-order valence-corrected chi connectivity index (χ4v) is 3.91. The molecule has 1 aliphatic heterocycles. The lowest BCUT2D eigenvalue weighted by Crippen LogP contribution is -2.32. The van der Waals surface area contributed by atoms with E-state index in [9.17, 15) is 24.9 Å². The van der Waals surface area contributed by atoms with Gasteiger partial charge in [0.15, 0.2) is 0 Å². The Hall–Kier alpha value is -2.72. The van der Waals surface area contributed by atoms with Crippen LogP contribution in [0.25, 0.3) is 11.3 Å². The number of aliphatic hydroxyl groups is 3. The highest BCUT2D eigenvalue weighted by atomic mass is 16.6. The van der Waals surface area contributed by atoms with Crippen LogP contribution in [0.5, 0.6) is 0 Å². The molecule has 9 heteroatoms. The molecule has 0 radical (unpaired) electrons. The monoisotopic (exact) mass is 433 g/mol. The largest absolute Gasteiger partial charge is 0.462 e. The first kappa shape index (κ1) is 23.0. The smallest absolute Gasteiger partial charge is 0.355 e. The fraction of sp³-hybridized carbons (Fsp3) is 0.455. The van der Waals surface area contributed by atoms with Gasteiger partial charge in [-0.2, -0.15) is 0 Å². The summed E-state index contributed by atoms with van der Waals surface area (Å²) in [5.41, 5.74) is 1.13. The Kier molecular flexibility index (Phi) is 7.11. The van der Waals surface area contributed by atoms with E-state index in [0.29, 0.717) is 11.3 Å². The van der Waals surface area contributed by atoms with Crippen molar-refractivity contribution in [2.24, 2.45) is 7.05 Å². The van der Waals surface area contributed by atoms with Gasteiger partial charge in [0.25, 0.3) is 0 Å². The second-order valence-electron chi connectivity index (χ2n) is 7.11. The standard InChI is InChI=1S/C22H27NO8/c1-4-29-21(27)15-14(20-19(26)18(25)13(11-24)31-20)16(12-9-7-6-8-10-12)23(3)17(15)22(28)30-5-2/h6-10,13,18-20,24-26H,4-5,11H2,1-3H3/t13-,18-,19-,20-/m1/s1. The predicted octanol–water partition coefficient (Wildman–Crippen LogP) is 1.20. The number of carbonyl (C=O) groups is 2. The van der Waals surface area contributed by atoms with Crippen LogP contribution in [-0.2, 0) is 21.3 Å². The molecule has 1 fully saturated rings. The predicted molar refractivity (Wildman–Crippen MR) is 109 cm³/mol. The zero-order valence-electron chi connectivity index (χ0n) is 17.6. The third kappa shape index (κ3) is 4.09. The number of aliphatic hydroxyl groups excluding tert-OH is 3. The second kappa shape index (κ2) is 9.61. The van der Waals surface area contributed by atoms with Crippen LogP contribution in [0.2, 0.25) is 0 Å². The van der Waals surface area contributed by atoms with E-state index < -0.39 is 43.0 Å². The lowest BCUT2D eigenvalue weighted by Gasteiger charge is -2.18. The summed E-state index contributed by atoms with van der Waals surface area (Å²) in [7, 11) is 1.60. The van der Waals surface area contributed by atoms with Crippen molar-refractivity contribution < 1.29 is 39.1 Å². The molecule has 9 nitrogen and oxygen atoms in total. The van der Waals surface area contributed by atoms with Gasteiger partial charge in [-0.25, -0.2) is 9.59 Å². The lowest BCUT2D eigenvalue weighted by molar-refractivity contribution is -0.0229. The van der Waals surface area contributed by atoms with Crippen LogP contribution in [0.4, 0.5) is 0 Å². The molecule has 3 rings (SSSR count). The summed E-state index contributed by atoms with van der Waals surface area (Å²) in [6.07, 6.45) is -5.05. The summed E-state index contributed by atoms with van der Waals surface area (Å²) in [5, 5.41) is 30.5. The Morgan fingerprint density at radius 3 is 2.19 bits per heavy atom. The topological polar surface area (TPSA) is 127 Å². The minimum atomic E-state index is -1.44. The number of hydrogen-bond donors (Lipinski definition) is 3. The number of rotatable bonds is 7. The van der Waals surface area contributed by atoms with Crippen LogP contribution in [0, 0.1) is 0 Å². The van der Waals surface area contributed by atoms with Gasteiger partial charge in [-0.15, -0.1) is 0 Å². The first-order valence-corrected chi connectivity index (χ1v) is 10.1. The highest BCUT2D eigenvalue weighted by Gasteiger charge is 2.47. The molecule has 2 aromatic rings. The van der Waals surface area contributed by atoms with Gasteiger partial charge in [0.2, 0.25) is 0 Å². The zero-order valence-corrected chi connectivity index (χ0v) is 17.6. The maximum absolute atomic E-state index is 13.0. The van der Waals surface area contributed by atoms with Gasteiger partial charge in [0.05, 0.1) is 31.1 Å². The summed E-state index contributed by atoms with van der Waals surface area (Å²) in [6, 6.07) is 8.96. The van der Waals surface area contributed by atoms with E-state index in [2.05, 4.69) is 0 Å². The van der Waals surface area contributed by atoms with E-state index in [-0.39, 0.29) is 30.0 Å². The van der Waals surface area contributed by atoms with Crippen molar-refractivity contribution in [1.82, 2.24) is 4.57 Å². The molecule has 31 heavy (non-hydrogen) atoms. The maximum Gasteiger partial charge on any atom is 0.355 e. The molecule has 0 unspecified atom stereocenters. The molecule has 1 saturated heterocycles. The molecular formula is C22H27NO8. The van der Waals surface area contributed by atoms with Crippen molar-refractivity contribution in [1.29, 1.82) is 0 Å². The maximum atomic E-state index is 13.0. The molecule has 0 aliphatic carbocycles. The van der Waals surface area contributed by atoms with Crippen LogP contribution < -0.4 is 0 Å². The molecule has 1 aromatic carbocycles. The molecule has 1 aromatic heterocycles. The van der Waals surface area contributed by atoms with Crippen LogP contribution in [-0.4, -0.2) is 70.0 Å². The van der Waals surface area contributed by atoms with Crippen molar-refractivity contribution in [3.63, 3.8) is 0 Å². The quantitative estimate of drug-likeness (QED) is 0.556. The molecular weight excluding hydrogens is 406 g/mol. The van der Waals surface area contributed by atoms with Crippen LogP contribution >= 0.6 is 0 Å². The average molecular weight is 433 g/mol. The fourth-order valence-electron chi connectivity index (χ4n) is 3.91. The molecule has 0 bridgehead atoms. The number of aromatic nitrogens is 1. The normalized spacial score (nSPS) is 23.0. The minimum Gasteiger partial charge on any atom is -0.462 e. The molecule has 0 spiro atoms. The Bertz CT molecular complexity index is 939. The van der Waals surface area contributed by atoms with Crippen LogP contribution in [0.15, 0.2) is 30.3 Å². The van der Waals surface area contributed by atoms with E-state index in [1.807, 2.05) is 6.07 Å². The van der Waals surface area contributed by atoms with Gasteiger partial charge < -0.3 is 34.1 Å². The molecule has 4 atom stereocenters. The number of nitrogens with zero attached hydrogens (tertiary/aromatic N) is 1. The van der Waals surface area contributed by atoms with Crippen molar-refractivity contribution in [2.75, 3.05) is 19.8 Å². The third-order valence-electron chi connectivity index (χ3n) is 5.25. The summed E-state index contributed by atoms with van der Waals surface area (Å²) in [5.74, 6) is -1.51. The Morgan fingerprint density at radius 2 is 1.65 bits per heavy atom. The van der Waals surface area contributed by atoms with Crippen molar-refractivity contribution >= 4 is 11.9 Å². The number of hydrogen-bond acceptors (Lipinski definition) is 8. The molecule has 0 amide bonds. The highest BCUT2D eigenvalue weighted by Crippen LogP contribution is 2.43. The van der Waals surface area contributed by atoms with Gasteiger partial charge >= 0.3 is 11.9 Å². The van der Waals surface area contributed by atoms with E-state index in [4.69, 9.17) is 14.2 Å². The number of carbonyl (C=O) groups excluding carboxylic acids is 2. The van der Waals surface area contributed by atoms with E-state index >= 15 is 0 Å². The van der Waals surface area contributed by atoms with Crippen molar-refractivity contribution in [3.05, 3.63) is 47.2 Å². The van der Waals surface area contributed by atoms with E-state index in [1.165, 1.54) is 4.57 Å². The van der Waals surface area contributed by atoms with Crippen molar-refractivity contribution in [2.45, 2.75) is 38.3 Å². The molecule has 0 saturated carbocycles. The average Bonchev–Trinajstić information content (AvgIpc) is 3.22. The number of esters is 2. The first-order chi connectivity index (χ1) is 14.9. The number of benzene rings is 1.